The number of nitriles is 1. The Balaban J connectivity index is 1.31. The molecule has 0 spiro atoms. The minimum atomic E-state index is -0.945. The third-order valence-corrected chi connectivity index (χ3v) is 7.43. The van der Waals surface area contributed by atoms with Gasteiger partial charge < -0.3 is 10.1 Å². The van der Waals surface area contributed by atoms with E-state index in [9.17, 15) is 19.6 Å². The average Bonchev–Trinajstić information content (AvgIpc) is 3.22. The summed E-state index contributed by atoms with van der Waals surface area (Å²) >= 11 is 3.42. The van der Waals surface area contributed by atoms with Gasteiger partial charge in [0.2, 0.25) is 0 Å². The van der Waals surface area contributed by atoms with Crippen molar-refractivity contribution in [2.24, 2.45) is 5.10 Å². The Morgan fingerprint density at radius 1 is 1.06 bits per heavy atom. The van der Waals surface area contributed by atoms with E-state index in [1.54, 1.807) is 36.4 Å². The van der Waals surface area contributed by atoms with Crippen LogP contribution in [0.25, 0.3) is 0 Å². The quantitative estimate of drug-likeness (QED) is 0.113. The van der Waals surface area contributed by atoms with Crippen LogP contribution >= 0.6 is 33.9 Å². The Hall–Kier alpha value is -3.56. The van der Waals surface area contributed by atoms with Crippen molar-refractivity contribution in [3.63, 3.8) is 0 Å². The number of amides is 2. The Kier molecular flexibility index (Phi) is 7.89. The minimum Gasteiger partial charge on any atom is -0.423 e. The highest BCUT2D eigenvalue weighted by atomic mass is 127. The standard InChI is InChI=1S/C25H19IN4O4S/c26-20-7-3-1-6-18(20)25(33)34-16-11-9-15(10-12-16)14-28-30-23(32)22(31)29-24-19(13-27)17-5-2-4-8-21(17)35-24/h1,3,6-7,9-12,14H,2,4-5,8H2,(H,29,31)(H,30,32)/b28-14+. The lowest BCUT2D eigenvalue weighted by molar-refractivity contribution is -0.136. The molecule has 0 radical (unpaired) electrons. The summed E-state index contributed by atoms with van der Waals surface area (Å²) in [5.74, 6) is -1.93. The number of hydrogen-bond acceptors (Lipinski definition) is 7. The first-order valence-corrected chi connectivity index (χ1v) is 12.6. The van der Waals surface area contributed by atoms with Crippen LogP contribution in [0.4, 0.5) is 5.00 Å². The number of nitrogens with one attached hydrogen (secondary N) is 2. The van der Waals surface area contributed by atoms with E-state index in [2.05, 4.69) is 44.5 Å². The summed E-state index contributed by atoms with van der Waals surface area (Å²) in [5, 5.41) is 16.2. The maximum absolute atomic E-state index is 12.3. The molecule has 0 fully saturated rings. The second-order valence-electron chi connectivity index (χ2n) is 7.62. The molecule has 0 unspecified atom stereocenters. The second kappa shape index (κ2) is 11.2. The van der Waals surface area contributed by atoms with Crippen molar-refractivity contribution >= 4 is 62.9 Å². The van der Waals surface area contributed by atoms with E-state index in [1.165, 1.54) is 17.6 Å². The van der Waals surface area contributed by atoms with Crippen LogP contribution in [0.5, 0.6) is 5.75 Å². The van der Waals surface area contributed by atoms with Crippen LogP contribution in [0, 0.1) is 14.9 Å². The number of aryl methyl sites for hydroxylation is 1. The zero-order chi connectivity index (χ0) is 24.8. The Morgan fingerprint density at radius 3 is 2.54 bits per heavy atom. The van der Waals surface area contributed by atoms with Gasteiger partial charge >= 0.3 is 17.8 Å². The summed E-state index contributed by atoms with van der Waals surface area (Å²) in [6.45, 7) is 0. The van der Waals surface area contributed by atoms with Gasteiger partial charge in [-0.3, -0.25) is 9.59 Å². The highest BCUT2D eigenvalue weighted by Gasteiger charge is 2.23. The molecule has 0 saturated carbocycles. The molecule has 0 bridgehead atoms. The van der Waals surface area contributed by atoms with E-state index < -0.39 is 17.8 Å². The number of rotatable bonds is 5. The van der Waals surface area contributed by atoms with Crippen molar-refractivity contribution in [2.75, 3.05) is 5.32 Å². The minimum absolute atomic E-state index is 0.363. The molecular weight excluding hydrogens is 579 g/mol. The number of ether oxygens (including phenoxy) is 1. The van der Waals surface area contributed by atoms with E-state index in [0.717, 1.165) is 39.7 Å². The van der Waals surface area contributed by atoms with E-state index >= 15 is 0 Å². The summed E-state index contributed by atoms with van der Waals surface area (Å²) < 4.78 is 6.18. The molecule has 1 aliphatic carbocycles. The Labute approximate surface area is 219 Å². The predicted octanol–water partition coefficient (Wildman–Crippen LogP) is 4.41. The lowest BCUT2D eigenvalue weighted by Crippen LogP contribution is -2.32. The summed E-state index contributed by atoms with van der Waals surface area (Å²) in [4.78, 5) is 37.8. The molecule has 10 heteroatoms. The van der Waals surface area contributed by atoms with E-state index in [1.807, 2.05) is 12.1 Å². The number of carbonyl (C=O) groups is 3. The fraction of sp³-hybridized carbons (Fsp3) is 0.160. The molecule has 176 valence electrons. The number of anilines is 1. The summed E-state index contributed by atoms with van der Waals surface area (Å²) in [6, 6.07) is 15.8. The van der Waals surface area contributed by atoms with Gasteiger partial charge in [0.05, 0.1) is 17.3 Å². The molecule has 3 aromatic rings. The van der Waals surface area contributed by atoms with Gasteiger partial charge in [0, 0.05) is 8.45 Å². The van der Waals surface area contributed by atoms with Crippen molar-refractivity contribution in [3.05, 3.63) is 79.2 Å². The molecule has 0 atom stereocenters. The highest BCUT2D eigenvalue weighted by molar-refractivity contribution is 14.1. The first-order chi connectivity index (χ1) is 17.0. The molecule has 8 nitrogen and oxygen atoms in total. The maximum atomic E-state index is 12.3. The van der Waals surface area contributed by atoms with Gasteiger partial charge in [0.15, 0.2) is 0 Å². The number of hydrogen-bond donors (Lipinski definition) is 2. The first kappa shape index (κ1) is 24.6. The predicted molar refractivity (Wildman–Crippen MR) is 141 cm³/mol. The number of thiophene rings is 1. The van der Waals surface area contributed by atoms with Crippen molar-refractivity contribution in [1.29, 1.82) is 5.26 Å². The second-order valence-corrected chi connectivity index (χ2v) is 9.89. The van der Waals surface area contributed by atoms with Gasteiger partial charge in [-0.25, -0.2) is 10.2 Å². The summed E-state index contributed by atoms with van der Waals surface area (Å²) in [5.41, 5.74) is 4.70. The monoisotopic (exact) mass is 598 g/mol. The molecule has 1 aliphatic rings. The SMILES string of the molecule is N#Cc1c(NC(=O)C(=O)N/N=C/c2ccc(OC(=O)c3ccccc3I)cc2)sc2c1CCCC2. The Morgan fingerprint density at radius 2 is 1.80 bits per heavy atom. The molecule has 1 heterocycles. The van der Waals surface area contributed by atoms with Crippen molar-refractivity contribution in [3.8, 4) is 11.8 Å². The zero-order valence-electron chi connectivity index (χ0n) is 18.3. The molecule has 2 aromatic carbocycles. The smallest absolute Gasteiger partial charge is 0.344 e. The van der Waals surface area contributed by atoms with Crippen LogP contribution < -0.4 is 15.5 Å². The first-order valence-electron chi connectivity index (χ1n) is 10.7. The van der Waals surface area contributed by atoms with E-state index in [4.69, 9.17) is 4.74 Å². The maximum Gasteiger partial charge on any atom is 0.344 e. The van der Waals surface area contributed by atoms with Gasteiger partial charge in [-0.2, -0.15) is 10.4 Å². The molecule has 2 N–H and O–H groups in total. The van der Waals surface area contributed by atoms with Crippen LogP contribution in [-0.2, 0) is 22.4 Å². The number of esters is 1. The molecule has 1 aromatic heterocycles. The van der Waals surface area contributed by atoms with Crippen LogP contribution in [-0.4, -0.2) is 24.0 Å². The number of benzene rings is 2. The Bertz CT molecular complexity index is 1360. The zero-order valence-corrected chi connectivity index (χ0v) is 21.3. The molecule has 0 saturated heterocycles. The number of fused-ring (bicyclic) bond motifs is 1. The lowest BCUT2D eigenvalue weighted by Gasteiger charge is -2.09. The van der Waals surface area contributed by atoms with Gasteiger partial charge in [0.25, 0.3) is 0 Å². The highest BCUT2D eigenvalue weighted by Crippen LogP contribution is 2.37. The average molecular weight is 598 g/mol. The fourth-order valence-corrected chi connectivity index (χ4v) is 5.40. The van der Waals surface area contributed by atoms with Crippen LogP contribution in [0.15, 0.2) is 53.6 Å². The van der Waals surface area contributed by atoms with E-state index in [-0.39, 0.29) is 0 Å². The fourth-order valence-electron chi connectivity index (χ4n) is 3.56. The third kappa shape index (κ3) is 5.93. The number of hydrazone groups is 1. The molecule has 2 amide bonds. The van der Waals surface area contributed by atoms with Crippen molar-refractivity contribution in [1.82, 2.24) is 5.43 Å². The van der Waals surface area contributed by atoms with Gasteiger partial charge in [-0.15, -0.1) is 11.3 Å². The van der Waals surface area contributed by atoms with Gasteiger partial charge in [-0.05, 0) is 95.8 Å². The lowest BCUT2D eigenvalue weighted by atomic mass is 9.96. The van der Waals surface area contributed by atoms with Crippen LogP contribution in [0.2, 0.25) is 0 Å². The molecular formula is C25H19IN4O4S. The number of nitrogens with zero attached hydrogens (tertiary/aromatic N) is 2. The van der Waals surface area contributed by atoms with Crippen molar-refractivity contribution < 1.29 is 19.1 Å². The molecule has 4 rings (SSSR count). The number of halogens is 1. The topological polar surface area (TPSA) is 121 Å². The summed E-state index contributed by atoms with van der Waals surface area (Å²) in [6.07, 6.45) is 5.12. The third-order valence-electron chi connectivity index (χ3n) is 5.28. The van der Waals surface area contributed by atoms with Crippen LogP contribution in [0.1, 0.15) is 44.8 Å². The largest absolute Gasteiger partial charge is 0.423 e. The molecule has 35 heavy (non-hydrogen) atoms. The normalized spacial score (nSPS) is 12.5. The summed E-state index contributed by atoms with van der Waals surface area (Å²) in [7, 11) is 0. The van der Waals surface area contributed by atoms with E-state index in [0.29, 0.717) is 27.4 Å². The van der Waals surface area contributed by atoms with Gasteiger partial charge in [0.1, 0.15) is 16.8 Å². The van der Waals surface area contributed by atoms with Crippen LogP contribution in [0.3, 0.4) is 0 Å². The van der Waals surface area contributed by atoms with Crippen molar-refractivity contribution in [2.45, 2.75) is 25.7 Å². The number of carbonyl (C=O) groups excluding carboxylic acids is 3. The van der Waals surface area contributed by atoms with Gasteiger partial charge in [-0.1, -0.05) is 12.1 Å². The molecule has 0 aliphatic heterocycles.